The van der Waals surface area contributed by atoms with E-state index >= 15 is 0 Å². The molecule has 19 heavy (non-hydrogen) atoms. The van der Waals surface area contributed by atoms with Gasteiger partial charge >= 0.3 is 0 Å². The fourth-order valence-corrected chi connectivity index (χ4v) is 2.55. The highest BCUT2D eigenvalue weighted by Gasteiger charge is 2.12. The Morgan fingerprint density at radius 2 is 2.32 bits per heavy atom. The second kappa shape index (κ2) is 4.90. The van der Waals surface area contributed by atoms with Crippen LogP contribution in [0.2, 0.25) is 0 Å². The first kappa shape index (κ1) is 12.0. The van der Waals surface area contributed by atoms with Crippen LogP contribution >= 0.6 is 11.3 Å². The van der Waals surface area contributed by atoms with Gasteiger partial charge in [-0.3, -0.25) is 4.79 Å². The molecule has 0 saturated heterocycles. The minimum absolute atomic E-state index is 0.263. The van der Waals surface area contributed by atoms with Crippen molar-refractivity contribution in [1.82, 2.24) is 19.8 Å². The molecular weight excluding hydrogens is 266 g/mol. The molecule has 0 fully saturated rings. The van der Waals surface area contributed by atoms with Gasteiger partial charge in [-0.05, 0) is 18.7 Å². The smallest absolute Gasteiger partial charge is 0.297 e. The molecular formula is C11H11N5O2S. The summed E-state index contributed by atoms with van der Waals surface area (Å²) in [7, 11) is 0. The Kier molecular flexibility index (Phi) is 3.10. The van der Waals surface area contributed by atoms with Gasteiger partial charge in [0.1, 0.15) is 16.5 Å². The quantitative estimate of drug-likeness (QED) is 0.733. The predicted octanol–water partition coefficient (Wildman–Crippen LogP) is 0.231. The van der Waals surface area contributed by atoms with Crippen molar-refractivity contribution in [1.29, 1.82) is 0 Å². The van der Waals surface area contributed by atoms with E-state index in [1.54, 1.807) is 18.4 Å². The summed E-state index contributed by atoms with van der Waals surface area (Å²) >= 11 is 1.33. The van der Waals surface area contributed by atoms with Crippen molar-refractivity contribution in [3.63, 3.8) is 0 Å². The van der Waals surface area contributed by atoms with Crippen LogP contribution < -0.4 is 11.3 Å². The summed E-state index contributed by atoms with van der Waals surface area (Å²) in [6.45, 7) is 0.487. The van der Waals surface area contributed by atoms with Crippen LogP contribution in [0.1, 0.15) is 16.5 Å². The Morgan fingerprint density at radius 1 is 1.42 bits per heavy atom. The SMILES string of the molecule is NCCc1nn2c(=O)c(Cc3ccco3)nnc2s1. The third-order valence-electron chi connectivity index (χ3n) is 2.58. The van der Waals surface area contributed by atoms with Crippen LogP contribution in [-0.2, 0) is 12.8 Å². The average Bonchev–Trinajstić information content (AvgIpc) is 3.02. The van der Waals surface area contributed by atoms with E-state index in [0.29, 0.717) is 35.8 Å². The lowest BCUT2D eigenvalue weighted by Crippen LogP contribution is -2.22. The van der Waals surface area contributed by atoms with Crippen LogP contribution in [-0.4, -0.2) is 26.4 Å². The van der Waals surface area contributed by atoms with Crippen LogP contribution in [0.4, 0.5) is 0 Å². The number of hydrogen-bond acceptors (Lipinski definition) is 7. The Morgan fingerprint density at radius 3 is 3.05 bits per heavy atom. The van der Waals surface area contributed by atoms with Gasteiger partial charge in [-0.2, -0.15) is 9.61 Å². The van der Waals surface area contributed by atoms with Crippen molar-refractivity contribution < 1.29 is 4.42 Å². The Balaban J connectivity index is 2.02. The van der Waals surface area contributed by atoms with Crippen molar-refractivity contribution in [3.05, 3.63) is 45.2 Å². The number of rotatable bonds is 4. The highest BCUT2D eigenvalue weighted by atomic mass is 32.1. The molecule has 0 aliphatic rings. The molecule has 98 valence electrons. The first-order chi connectivity index (χ1) is 9.28. The maximum Gasteiger partial charge on any atom is 0.297 e. The first-order valence-corrected chi connectivity index (χ1v) is 6.56. The number of nitrogens with two attached hydrogens (primary N) is 1. The highest BCUT2D eigenvalue weighted by Crippen LogP contribution is 2.11. The molecule has 7 nitrogen and oxygen atoms in total. The predicted molar refractivity (Wildman–Crippen MR) is 69.2 cm³/mol. The Labute approximate surface area is 111 Å². The summed E-state index contributed by atoms with van der Waals surface area (Å²) < 4.78 is 6.48. The lowest BCUT2D eigenvalue weighted by atomic mass is 10.2. The van der Waals surface area contributed by atoms with E-state index in [1.807, 2.05) is 0 Å². The summed E-state index contributed by atoms with van der Waals surface area (Å²) in [5, 5.41) is 12.9. The molecule has 0 unspecified atom stereocenters. The Hall–Kier alpha value is -2.06. The molecule has 0 radical (unpaired) electrons. The molecule has 0 aliphatic carbocycles. The summed E-state index contributed by atoms with van der Waals surface area (Å²) in [5.41, 5.74) is 5.53. The zero-order valence-electron chi connectivity index (χ0n) is 9.94. The molecule has 0 saturated carbocycles. The minimum atomic E-state index is -0.263. The number of nitrogens with zero attached hydrogens (tertiary/aromatic N) is 4. The molecule has 0 amide bonds. The van der Waals surface area contributed by atoms with E-state index in [4.69, 9.17) is 10.2 Å². The number of aromatic nitrogens is 4. The second-order valence-corrected chi connectivity index (χ2v) is 4.98. The van der Waals surface area contributed by atoms with Gasteiger partial charge in [0.05, 0.1) is 12.7 Å². The van der Waals surface area contributed by atoms with E-state index in [2.05, 4.69) is 15.3 Å². The van der Waals surface area contributed by atoms with Gasteiger partial charge in [-0.25, -0.2) is 0 Å². The fourth-order valence-electron chi connectivity index (χ4n) is 1.70. The monoisotopic (exact) mass is 277 g/mol. The zero-order valence-corrected chi connectivity index (χ0v) is 10.8. The lowest BCUT2D eigenvalue weighted by molar-refractivity contribution is 0.516. The third-order valence-corrected chi connectivity index (χ3v) is 3.54. The summed E-state index contributed by atoms with van der Waals surface area (Å²) in [5.74, 6) is 0.670. The maximum absolute atomic E-state index is 12.2. The van der Waals surface area contributed by atoms with Gasteiger partial charge in [-0.1, -0.05) is 11.3 Å². The normalized spacial score (nSPS) is 11.2. The van der Waals surface area contributed by atoms with Crippen LogP contribution in [0, 0.1) is 0 Å². The van der Waals surface area contributed by atoms with Gasteiger partial charge < -0.3 is 10.2 Å². The summed E-state index contributed by atoms with van der Waals surface area (Å²) in [6, 6.07) is 3.55. The van der Waals surface area contributed by atoms with Crippen molar-refractivity contribution in [2.75, 3.05) is 6.54 Å². The lowest BCUT2D eigenvalue weighted by Gasteiger charge is -1.95. The fraction of sp³-hybridized carbons (Fsp3) is 0.273. The first-order valence-electron chi connectivity index (χ1n) is 5.74. The van der Waals surface area contributed by atoms with Gasteiger partial charge in [0.2, 0.25) is 4.96 Å². The van der Waals surface area contributed by atoms with Gasteiger partial charge in [-0.15, -0.1) is 10.2 Å². The third kappa shape index (κ3) is 2.27. The molecule has 0 spiro atoms. The number of furan rings is 1. The largest absolute Gasteiger partial charge is 0.469 e. The summed E-state index contributed by atoms with van der Waals surface area (Å²) in [6.07, 6.45) is 2.49. The molecule has 3 aromatic rings. The molecule has 0 atom stereocenters. The standard InChI is InChI=1S/C11H11N5O2S/c12-4-3-9-15-16-10(17)8(13-14-11(16)19-9)6-7-2-1-5-18-7/h1-2,5H,3-4,6,12H2. The van der Waals surface area contributed by atoms with Crippen LogP contribution in [0.15, 0.2) is 27.6 Å². The van der Waals surface area contributed by atoms with E-state index in [0.717, 1.165) is 5.01 Å². The van der Waals surface area contributed by atoms with E-state index < -0.39 is 0 Å². The number of fused-ring (bicyclic) bond motifs is 1. The van der Waals surface area contributed by atoms with Gasteiger partial charge in [0, 0.05) is 6.42 Å². The van der Waals surface area contributed by atoms with Crippen molar-refractivity contribution in [2.24, 2.45) is 5.73 Å². The van der Waals surface area contributed by atoms with E-state index in [-0.39, 0.29) is 5.56 Å². The Bertz CT molecular complexity index is 746. The molecule has 8 heteroatoms. The van der Waals surface area contributed by atoms with Crippen molar-refractivity contribution in [3.8, 4) is 0 Å². The second-order valence-electron chi connectivity index (χ2n) is 3.94. The zero-order chi connectivity index (χ0) is 13.2. The topological polar surface area (TPSA) is 99.3 Å². The molecule has 3 aromatic heterocycles. The highest BCUT2D eigenvalue weighted by molar-refractivity contribution is 7.16. The maximum atomic E-state index is 12.2. The molecule has 2 N–H and O–H groups in total. The van der Waals surface area contributed by atoms with Crippen LogP contribution in [0.3, 0.4) is 0 Å². The molecule has 0 aromatic carbocycles. The molecule has 0 bridgehead atoms. The molecule has 3 heterocycles. The van der Waals surface area contributed by atoms with Gasteiger partial charge in [0.15, 0.2) is 0 Å². The van der Waals surface area contributed by atoms with Gasteiger partial charge in [0.25, 0.3) is 5.56 Å². The molecule has 0 aliphatic heterocycles. The van der Waals surface area contributed by atoms with Crippen LogP contribution in [0.5, 0.6) is 0 Å². The van der Waals surface area contributed by atoms with Crippen molar-refractivity contribution in [2.45, 2.75) is 12.8 Å². The molecule has 3 rings (SSSR count). The number of hydrogen-bond donors (Lipinski definition) is 1. The summed E-state index contributed by atoms with van der Waals surface area (Å²) in [4.78, 5) is 12.7. The van der Waals surface area contributed by atoms with E-state index in [9.17, 15) is 4.79 Å². The van der Waals surface area contributed by atoms with Crippen LogP contribution in [0.25, 0.3) is 4.96 Å². The van der Waals surface area contributed by atoms with E-state index in [1.165, 1.54) is 15.9 Å². The minimum Gasteiger partial charge on any atom is -0.469 e. The van der Waals surface area contributed by atoms with Crippen molar-refractivity contribution >= 4 is 16.3 Å². The average molecular weight is 277 g/mol.